The molecule has 5 heteroatoms. The Balaban J connectivity index is 2.10. The number of phenolic OH excluding ortho intramolecular Hbond substituents is 1. The Morgan fingerprint density at radius 1 is 1.44 bits per heavy atom. The quantitative estimate of drug-likeness (QED) is 0.655. The van der Waals surface area contributed by atoms with Gasteiger partial charge in [0, 0.05) is 18.6 Å². The number of hydrogen-bond donors (Lipinski definition) is 3. The van der Waals surface area contributed by atoms with Crippen molar-refractivity contribution in [1.29, 1.82) is 0 Å². The van der Waals surface area contributed by atoms with Gasteiger partial charge >= 0.3 is 5.97 Å². The van der Waals surface area contributed by atoms with Crippen molar-refractivity contribution < 1.29 is 19.7 Å². The summed E-state index contributed by atoms with van der Waals surface area (Å²) in [6, 6.07) is 5.06. The Bertz CT molecular complexity index is 488. The predicted octanol–water partition coefficient (Wildman–Crippen LogP) is 1.39. The number of benzene rings is 1. The van der Waals surface area contributed by atoms with Crippen LogP contribution >= 0.6 is 0 Å². The number of ether oxygens (including phenoxy) is 1. The minimum absolute atomic E-state index is 0.0562. The molecule has 0 aliphatic carbocycles. The second-order valence-electron chi connectivity index (χ2n) is 4.84. The lowest BCUT2D eigenvalue weighted by atomic mass is 9.76. The summed E-state index contributed by atoms with van der Waals surface area (Å²) in [6.07, 6.45) is 0.766. The number of carboxylic acid groups (broad SMARTS) is 1. The van der Waals surface area contributed by atoms with E-state index >= 15 is 0 Å². The largest absolute Gasteiger partial charge is 0.506 e. The lowest BCUT2D eigenvalue weighted by Crippen LogP contribution is -2.46. The molecule has 3 rings (SSSR count). The molecule has 1 aromatic carbocycles. The summed E-state index contributed by atoms with van der Waals surface area (Å²) in [7, 11) is 0. The zero-order valence-electron chi connectivity index (χ0n) is 9.80. The molecule has 0 spiro atoms. The highest BCUT2D eigenvalue weighted by molar-refractivity contribution is 5.82. The van der Waals surface area contributed by atoms with Gasteiger partial charge in [0.25, 0.3) is 0 Å². The van der Waals surface area contributed by atoms with Gasteiger partial charge in [-0.25, -0.2) is 0 Å². The molecule has 0 radical (unpaired) electrons. The number of phenols is 1. The fourth-order valence-corrected chi connectivity index (χ4v) is 2.97. The summed E-state index contributed by atoms with van der Waals surface area (Å²) in [4.78, 5) is 11.5. The fourth-order valence-electron chi connectivity index (χ4n) is 2.97. The number of nitrogens with one attached hydrogen (secondary N) is 1. The number of aliphatic carboxylic acids is 1. The van der Waals surface area contributed by atoms with E-state index in [1.54, 1.807) is 18.2 Å². The Morgan fingerprint density at radius 3 is 3.06 bits per heavy atom. The van der Waals surface area contributed by atoms with Gasteiger partial charge in [-0.2, -0.15) is 0 Å². The minimum Gasteiger partial charge on any atom is -0.506 e. The summed E-state index contributed by atoms with van der Waals surface area (Å²) in [5, 5.41) is 22.6. The molecule has 3 unspecified atom stereocenters. The molecule has 1 aromatic rings. The van der Waals surface area contributed by atoms with E-state index in [2.05, 4.69) is 5.32 Å². The molecule has 2 heterocycles. The van der Waals surface area contributed by atoms with Crippen LogP contribution in [0.5, 0.6) is 5.75 Å². The van der Waals surface area contributed by atoms with Crippen molar-refractivity contribution >= 4 is 11.7 Å². The van der Waals surface area contributed by atoms with Crippen LogP contribution in [0.1, 0.15) is 17.9 Å². The van der Waals surface area contributed by atoms with Gasteiger partial charge in [-0.05, 0) is 18.1 Å². The third kappa shape index (κ3) is 1.62. The maximum atomic E-state index is 11.5. The molecule has 0 amide bonds. The Labute approximate surface area is 104 Å². The standard InChI is InChI=1S/C13H15NO4/c15-10-3-1-2-7-11(13(16)17)8-6-18-5-4-9(8)14-12(7)10/h1-3,8-9,11,14-15H,4-6H2,(H,16,17). The summed E-state index contributed by atoms with van der Waals surface area (Å²) >= 11 is 0. The molecule has 1 saturated heterocycles. The van der Waals surface area contributed by atoms with Crippen molar-refractivity contribution in [2.24, 2.45) is 5.92 Å². The van der Waals surface area contributed by atoms with Crippen LogP contribution in [-0.4, -0.2) is 35.4 Å². The number of aromatic hydroxyl groups is 1. The molecular weight excluding hydrogens is 234 g/mol. The smallest absolute Gasteiger partial charge is 0.311 e. The van der Waals surface area contributed by atoms with Crippen LogP contribution in [0.2, 0.25) is 0 Å². The SMILES string of the molecule is O=C(O)C1c2cccc(O)c2NC2CCOCC21. The molecule has 3 atom stereocenters. The average molecular weight is 249 g/mol. The topological polar surface area (TPSA) is 78.8 Å². The van der Waals surface area contributed by atoms with E-state index in [0.29, 0.717) is 24.5 Å². The van der Waals surface area contributed by atoms with Crippen LogP contribution in [0, 0.1) is 5.92 Å². The van der Waals surface area contributed by atoms with Crippen LogP contribution in [-0.2, 0) is 9.53 Å². The molecule has 0 bridgehead atoms. The predicted molar refractivity (Wildman–Crippen MR) is 64.8 cm³/mol. The van der Waals surface area contributed by atoms with Gasteiger partial charge in [0.15, 0.2) is 0 Å². The van der Waals surface area contributed by atoms with E-state index in [9.17, 15) is 15.0 Å². The van der Waals surface area contributed by atoms with Crippen LogP contribution < -0.4 is 5.32 Å². The maximum absolute atomic E-state index is 11.5. The Morgan fingerprint density at radius 2 is 2.28 bits per heavy atom. The number of carbonyl (C=O) groups is 1. The van der Waals surface area contributed by atoms with Crippen LogP contribution in [0.3, 0.4) is 0 Å². The van der Waals surface area contributed by atoms with Gasteiger partial charge in [0.2, 0.25) is 0 Å². The third-order valence-corrected chi connectivity index (χ3v) is 3.83. The summed E-state index contributed by atoms with van der Waals surface area (Å²) in [6.45, 7) is 1.08. The summed E-state index contributed by atoms with van der Waals surface area (Å²) in [5.74, 6) is -1.43. The number of hydrogen-bond acceptors (Lipinski definition) is 4. The number of anilines is 1. The summed E-state index contributed by atoms with van der Waals surface area (Å²) < 4.78 is 5.40. The van der Waals surface area contributed by atoms with E-state index in [1.165, 1.54) is 0 Å². The average Bonchev–Trinajstić information content (AvgIpc) is 2.36. The highest BCUT2D eigenvalue weighted by atomic mass is 16.5. The number of fused-ring (bicyclic) bond motifs is 2. The van der Waals surface area contributed by atoms with Gasteiger partial charge in [0.05, 0.1) is 18.2 Å². The maximum Gasteiger partial charge on any atom is 0.311 e. The van der Waals surface area contributed by atoms with Crippen LogP contribution in [0.25, 0.3) is 0 Å². The number of rotatable bonds is 1. The first-order valence-electron chi connectivity index (χ1n) is 6.07. The summed E-state index contributed by atoms with van der Waals surface area (Å²) in [5.41, 5.74) is 1.21. The normalized spacial score (nSPS) is 29.9. The van der Waals surface area contributed by atoms with Gasteiger partial charge in [0.1, 0.15) is 5.75 Å². The minimum atomic E-state index is -0.858. The molecular formula is C13H15NO4. The second-order valence-corrected chi connectivity index (χ2v) is 4.84. The molecule has 0 aromatic heterocycles. The van der Waals surface area contributed by atoms with Crippen molar-refractivity contribution in [3.8, 4) is 5.75 Å². The fraction of sp³-hybridized carbons (Fsp3) is 0.462. The third-order valence-electron chi connectivity index (χ3n) is 3.83. The van der Waals surface area contributed by atoms with E-state index < -0.39 is 11.9 Å². The van der Waals surface area contributed by atoms with Crippen molar-refractivity contribution in [1.82, 2.24) is 0 Å². The number of para-hydroxylation sites is 1. The molecule has 2 aliphatic heterocycles. The number of carboxylic acids is 1. The first-order valence-corrected chi connectivity index (χ1v) is 6.07. The second kappa shape index (κ2) is 4.17. The molecule has 2 aliphatic rings. The van der Waals surface area contributed by atoms with Gasteiger partial charge in [-0.1, -0.05) is 12.1 Å². The van der Waals surface area contributed by atoms with Gasteiger partial charge in [-0.3, -0.25) is 4.79 Å². The highest BCUT2D eigenvalue weighted by Crippen LogP contribution is 2.44. The van der Waals surface area contributed by atoms with Crippen LogP contribution in [0.4, 0.5) is 5.69 Å². The Kier molecular flexibility index (Phi) is 2.63. The lowest BCUT2D eigenvalue weighted by molar-refractivity contribution is -0.142. The van der Waals surface area contributed by atoms with E-state index in [4.69, 9.17) is 4.74 Å². The van der Waals surface area contributed by atoms with E-state index in [-0.39, 0.29) is 17.7 Å². The van der Waals surface area contributed by atoms with Crippen LogP contribution in [0.15, 0.2) is 18.2 Å². The first kappa shape index (κ1) is 11.3. The molecule has 5 nitrogen and oxygen atoms in total. The monoisotopic (exact) mass is 249 g/mol. The van der Waals surface area contributed by atoms with Crippen molar-refractivity contribution in [2.45, 2.75) is 18.4 Å². The first-order chi connectivity index (χ1) is 8.68. The lowest BCUT2D eigenvalue weighted by Gasteiger charge is -2.41. The van der Waals surface area contributed by atoms with E-state index in [0.717, 1.165) is 6.42 Å². The van der Waals surface area contributed by atoms with Gasteiger partial charge in [-0.15, -0.1) is 0 Å². The highest BCUT2D eigenvalue weighted by Gasteiger charge is 2.43. The molecule has 0 saturated carbocycles. The zero-order valence-corrected chi connectivity index (χ0v) is 9.80. The van der Waals surface area contributed by atoms with Crippen molar-refractivity contribution in [3.05, 3.63) is 23.8 Å². The van der Waals surface area contributed by atoms with E-state index in [1.807, 2.05) is 0 Å². The molecule has 1 fully saturated rings. The molecule has 18 heavy (non-hydrogen) atoms. The Hall–Kier alpha value is -1.75. The van der Waals surface area contributed by atoms with Crippen molar-refractivity contribution in [3.63, 3.8) is 0 Å². The van der Waals surface area contributed by atoms with Crippen molar-refractivity contribution in [2.75, 3.05) is 18.5 Å². The molecule has 96 valence electrons. The zero-order chi connectivity index (χ0) is 12.7. The molecule has 3 N–H and O–H groups in total. The van der Waals surface area contributed by atoms with Gasteiger partial charge < -0.3 is 20.3 Å².